The molecule has 0 heterocycles. The Morgan fingerprint density at radius 1 is 1.28 bits per heavy atom. The zero-order valence-electron chi connectivity index (χ0n) is 9.29. The fourth-order valence-corrected chi connectivity index (χ4v) is 3.06. The highest BCUT2D eigenvalue weighted by Gasteiger charge is 2.54. The normalized spacial score (nSPS) is 28.8. The largest absolute Gasteiger partial charge is 0.534 e. The van der Waals surface area contributed by atoms with Crippen LogP contribution in [0.2, 0.25) is 0 Å². The molecule has 2 rings (SSSR count). The number of hydrogen-bond donors (Lipinski definition) is 0. The summed E-state index contributed by atoms with van der Waals surface area (Å²) in [7, 11) is -5.69. The predicted octanol–water partition coefficient (Wildman–Crippen LogP) is 2.27. The van der Waals surface area contributed by atoms with Crippen molar-refractivity contribution in [2.75, 3.05) is 0 Å². The average Bonchev–Trinajstić information content (AvgIpc) is 2.76. The van der Waals surface area contributed by atoms with Gasteiger partial charge in [0, 0.05) is 6.42 Å². The molecule has 4 nitrogen and oxygen atoms in total. The quantitative estimate of drug-likeness (QED) is 0.576. The van der Waals surface area contributed by atoms with Gasteiger partial charge in [0.2, 0.25) is 0 Å². The maximum atomic E-state index is 12.2. The van der Waals surface area contributed by atoms with Crippen molar-refractivity contribution >= 4 is 15.9 Å². The lowest BCUT2D eigenvalue weighted by molar-refractivity contribution is -0.125. The molecule has 1 saturated carbocycles. The van der Waals surface area contributed by atoms with Gasteiger partial charge in [-0.1, -0.05) is 0 Å². The summed E-state index contributed by atoms with van der Waals surface area (Å²) in [6.45, 7) is 0. The molecule has 2 aliphatic carbocycles. The van der Waals surface area contributed by atoms with Gasteiger partial charge in [0.15, 0.2) is 0 Å². The summed E-state index contributed by atoms with van der Waals surface area (Å²) in [5.41, 5.74) is -6.61. The lowest BCUT2D eigenvalue weighted by atomic mass is 9.83. The third-order valence-corrected chi connectivity index (χ3v) is 4.36. The van der Waals surface area contributed by atoms with Crippen LogP contribution in [-0.2, 0) is 19.1 Å². The van der Waals surface area contributed by atoms with Crippen molar-refractivity contribution in [2.45, 2.75) is 37.6 Å². The predicted molar refractivity (Wildman–Crippen MR) is 54.7 cm³/mol. The number of Topliss-reactive ketones (excluding diaryl/α,β-unsaturated/α-hetero) is 1. The Balaban J connectivity index is 2.28. The van der Waals surface area contributed by atoms with E-state index < -0.39 is 21.0 Å². The van der Waals surface area contributed by atoms with Gasteiger partial charge in [0.25, 0.3) is 0 Å². The summed E-state index contributed by atoms with van der Waals surface area (Å²) >= 11 is 0. The highest BCUT2D eigenvalue weighted by Crippen LogP contribution is 2.50. The molecular weight excluding hydrogens is 273 g/mol. The summed E-state index contributed by atoms with van der Waals surface area (Å²) < 4.78 is 62.8. The second-order valence-electron chi connectivity index (χ2n) is 4.45. The molecule has 0 saturated heterocycles. The smallest absolute Gasteiger partial charge is 0.380 e. The summed E-state index contributed by atoms with van der Waals surface area (Å²) in [4.78, 5) is 11.7. The first-order chi connectivity index (χ1) is 8.19. The van der Waals surface area contributed by atoms with Crippen LogP contribution in [0.5, 0.6) is 0 Å². The second kappa shape index (κ2) is 3.97. The fourth-order valence-electron chi connectivity index (χ4n) is 2.50. The van der Waals surface area contributed by atoms with Crippen molar-refractivity contribution in [1.29, 1.82) is 0 Å². The maximum Gasteiger partial charge on any atom is 0.534 e. The van der Waals surface area contributed by atoms with E-state index in [2.05, 4.69) is 4.18 Å². The highest BCUT2D eigenvalue weighted by molar-refractivity contribution is 7.87. The first-order valence-electron chi connectivity index (χ1n) is 5.44. The molecule has 18 heavy (non-hydrogen) atoms. The molecule has 0 aromatic rings. The molecule has 0 radical (unpaired) electrons. The number of rotatable bonds is 2. The Hall–Kier alpha value is -1.05. The van der Waals surface area contributed by atoms with Crippen LogP contribution in [0, 0.1) is 5.41 Å². The van der Waals surface area contributed by atoms with Crippen LogP contribution in [-0.4, -0.2) is 19.7 Å². The zero-order valence-corrected chi connectivity index (χ0v) is 10.1. The van der Waals surface area contributed by atoms with Crippen molar-refractivity contribution in [3.8, 4) is 0 Å². The van der Waals surface area contributed by atoms with Gasteiger partial charge >= 0.3 is 15.6 Å². The van der Waals surface area contributed by atoms with E-state index in [0.29, 0.717) is 25.7 Å². The van der Waals surface area contributed by atoms with Gasteiger partial charge in [-0.25, -0.2) is 0 Å². The van der Waals surface area contributed by atoms with E-state index in [4.69, 9.17) is 0 Å². The minimum atomic E-state index is -5.69. The number of hydrogen-bond acceptors (Lipinski definition) is 4. The molecule has 8 heteroatoms. The fraction of sp³-hybridized carbons (Fsp3) is 0.700. The molecule has 0 unspecified atom stereocenters. The van der Waals surface area contributed by atoms with Crippen LogP contribution in [0.3, 0.4) is 0 Å². The molecule has 0 aromatic carbocycles. The van der Waals surface area contributed by atoms with Gasteiger partial charge in [-0.2, -0.15) is 21.6 Å². The van der Waals surface area contributed by atoms with Crippen LogP contribution in [0.4, 0.5) is 13.2 Å². The average molecular weight is 284 g/mol. The van der Waals surface area contributed by atoms with E-state index in [1.54, 1.807) is 0 Å². The molecule has 0 N–H and O–H groups in total. The number of allylic oxidation sites excluding steroid dienone is 2. The molecule has 102 valence electrons. The molecule has 1 spiro atoms. The molecule has 0 aliphatic heterocycles. The number of alkyl halides is 3. The van der Waals surface area contributed by atoms with E-state index in [1.165, 1.54) is 6.08 Å². The van der Waals surface area contributed by atoms with Crippen LogP contribution in [0.25, 0.3) is 0 Å². The lowest BCUT2D eigenvalue weighted by Gasteiger charge is -2.24. The van der Waals surface area contributed by atoms with E-state index in [1.807, 2.05) is 0 Å². The summed E-state index contributed by atoms with van der Waals surface area (Å²) in [6, 6.07) is 0. The van der Waals surface area contributed by atoms with E-state index in [-0.39, 0.29) is 18.0 Å². The summed E-state index contributed by atoms with van der Waals surface area (Å²) in [6.07, 6.45) is 3.11. The number of carbonyl (C=O) groups excluding carboxylic acids is 1. The number of ketones is 1. The molecule has 0 amide bonds. The standard InChI is InChI=1S/C10H11F3O4S/c11-10(12,13)18(15,16)17-8-4-2-6-9(8)5-1-3-7(9)14/h4H,1-3,5-6H2/t9-/m1/s1. The number of carbonyl (C=O) groups is 1. The SMILES string of the molecule is O=C1CCC[C@@]12CCC=C2OS(=O)(=O)C(F)(F)F. The lowest BCUT2D eigenvalue weighted by Crippen LogP contribution is -2.32. The number of halogens is 3. The van der Waals surface area contributed by atoms with Crippen molar-refractivity contribution < 1.29 is 30.6 Å². The Kier molecular flexibility index (Phi) is 2.95. The maximum absolute atomic E-state index is 12.2. The zero-order chi connectivity index (χ0) is 13.6. The van der Waals surface area contributed by atoms with E-state index in [0.717, 1.165) is 0 Å². The van der Waals surface area contributed by atoms with Crippen LogP contribution >= 0.6 is 0 Å². The highest BCUT2D eigenvalue weighted by atomic mass is 32.2. The minimum Gasteiger partial charge on any atom is -0.380 e. The minimum absolute atomic E-state index is 0.233. The Labute approximate surface area is 102 Å². The third kappa shape index (κ3) is 1.92. The van der Waals surface area contributed by atoms with Crippen molar-refractivity contribution in [1.82, 2.24) is 0 Å². The van der Waals surface area contributed by atoms with Crippen molar-refractivity contribution in [2.24, 2.45) is 5.41 Å². The molecule has 2 aliphatic rings. The van der Waals surface area contributed by atoms with E-state index in [9.17, 15) is 26.4 Å². The van der Waals surface area contributed by atoms with Gasteiger partial charge in [0.1, 0.15) is 11.5 Å². The molecule has 1 atom stereocenters. The summed E-state index contributed by atoms with van der Waals surface area (Å²) in [5, 5.41) is 0. The summed E-state index contributed by atoms with van der Waals surface area (Å²) in [5.74, 6) is -0.578. The van der Waals surface area contributed by atoms with Gasteiger partial charge in [-0.15, -0.1) is 0 Å². The van der Waals surface area contributed by atoms with E-state index >= 15 is 0 Å². The molecule has 0 bridgehead atoms. The van der Waals surface area contributed by atoms with Crippen molar-refractivity contribution in [3.63, 3.8) is 0 Å². The van der Waals surface area contributed by atoms with Gasteiger partial charge in [0.05, 0.1) is 5.41 Å². The first-order valence-corrected chi connectivity index (χ1v) is 6.85. The molecular formula is C10H11F3O4S. The van der Waals surface area contributed by atoms with Crippen LogP contribution in [0.15, 0.2) is 11.8 Å². The van der Waals surface area contributed by atoms with Gasteiger partial charge in [-0.3, -0.25) is 4.79 Å². The molecule has 0 aromatic heterocycles. The Morgan fingerprint density at radius 2 is 1.94 bits per heavy atom. The van der Waals surface area contributed by atoms with Crippen LogP contribution in [0.1, 0.15) is 32.1 Å². The van der Waals surface area contributed by atoms with Crippen LogP contribution < -0.4 is 0 Å². The van der Waals surface area contributed by atoms with Crippen molar-refractivity contribution in [3.05, 3.63) is 11.8 Å². The topological polar surface area (TPSA) is 60.4 Å². The Bertz CT molecular complexity index is 506. The van der Waals surface area contributed by atoms with Gasteiger partial charge in [-0.05, 0) is 31.8 Å². The first kappa shape index (κ1) is 13.4. The monoisotopic (exact) mass is 284 g/mol. The second-order valence-corrected chi connectivity index (χ2v) is 5.99. The third-order valence-electron chi connectivity index (χ3n) is 3.40. The molecule has 1 fully saturated rings. The van der Waals surface area contributed by atoms with Gasteiger partial charge < -0.3 is 4.18 Å². The Morgan fingerprint density at radius 3 is 2.44 bits per heavy atom.